The predicted molar refractivity (Wildman–Crippen MR) is 126 cm³/mol. The minimum absolute atomic E-state index is 0.182. The summed E-state index contributed by atoms with van der Waals surface area (Å²) in [4.78, 5) is 22.2. The van der Waals surface area contributed by atoms with E-state index in [1.165, 1.54) is 17.3 Å². The van der Waals surface area contributed by atoms with Crippen LogP contribution in [0.5, 0.6) is 0 Å². The number of nitrogens with zero attached hydrogens (tertiary/aromatic N) is 3. The van der Waals surface area contributed by atoms with Crippen molar-refractivity contribution in [2.75, 3.05) is 33.2 Å². The second kappa shape index (κ2) is 9.32. The van der Waals surface area contributed by atoms with E-state index in [1.54, 1.807) is 6.08 Å². The van der Waals surface area contributed by atoms with Crippen molar-refractivity contribution in [3.8, 4) is 0 Å². The van der Waals surface area contributed by atoms with Gasteiger partial charge in [0, 0.05) is 25.7 Å². The Bertz CT molecular complexity index is 974. The molecule has 0 aliphatic carbocycles. The maximum atomic E-state index is 11.9. The van der Waals surface area contributed by atoms with E-state index >= 15 is 0 Å². The summed E-state index contributed by atoms with van der Waals surface area (Å²) in [5, 5.41) is 2.62. The third kappa shape index (κ3) is 5.11. The largest absolute Gasteiger partial charge is 0.455 e. The number of carbonyl (C=O) groups excluding carboxylic acids is 1. The number of likely N-dealkylation sites (N-methyl/N-ethyl adjacent to an activating group) is 1. The van der Waals surface area contributed by atoms with Crippen LogP contribution in [0, 0.1) is 0 Å². The summed E-state index contributed by atoms with van der Waals surface area (Å²) in [6.07, 6.45) is 9.20. The lowest BCUT2D eigenvalue weighted by molar-refractivity contribution is -0.115. The van der Waals surface area contributed by atoms with Crippen molar-refractivity contribution in [1.82, 2.24) is 15.1 Å². The molecule has 1 aromatic heterocycles. The van der Waals surface area contributed by atoms with Gasteiger partial charge in [-0.3, -0.25) is 4.79 Å². The molecule has 1 aromatic rings. The fraction of sp³-hybridized carbons (Fsp3) is 0.409. The summed E-state index contributed by atoms with van der Waals surface area (Å²) in [5.41, 5.74) is 2.09. The molecular weight excluding hydrogens is 416 g/mol. The SMILES string of the molecule is CC1=C/C(c2ccc(/C=C3\SC(=S)NC3=O)o2)=N\C(N2CCCN(C)CC2)=C/CC1. The molecule has 4 rings (SSSR count). The molecule has 4 heterocycles. The summed E-state index contributed by atoms with van der Waals surface area (Å²) in [6, 6.07) is 3.78. The van der Waals surface area contributed by atoms with Gasteiger partial charge >= 0.3 is 0 Å². The molecule has 0 saturated carbocycles. The van der Waals surface area contributed by atoms with Gasteiger partial charge in [0.2, 0.25) is 0 Å². The van der Waals surface area contributed by atoms with Gasteiger partial charge in [-0.15, -0.1) is 0 Å². The molecule has 8 heteroatoms. The van der Waals surface area contributed by atoms with E-state index in [4.69, 9.17) is 21.6 Å². The Hall–Kier alpha value is -2.16. The van der Waals surface area contributed by atoms with Crippen LogP contribution >= 0.6 is 24.0 Å². The Morgan fingerprint density at radius 1 is 1.27 bits per heavy atom. The van der Waals surface area contributed by atoms with E-state index in [0.717, 1.165) is 57.0 Å². The molecule has 0 radical (unpaired) electrons. The topological polar surface area (TPSA) is 61.1 Å². The lowest BCUT2D eigenvalue weighted by Gasteiger charge is -2.24. The monoisotopic (exact) mass is 442 g/mol. The Labute approximate surface area is 186 Å². The molecule has 6 nitrogen and oxygen atoms in total. The molecule has 0 spiro atoms. The Morgan fingerprint density at radius 3 is 2.93 bits per heavy atom. The highest BCUT2D eigenvalue weighted by Crippen LogP contribution is 2.27. The summed E-state index contributed by atoms with van der Waals surface area (Å²) < 4.78 is 6.52. The predicted octanol–water partition coefficient (Wildman–Crippen LogP) is 3.78. The smallest absolute Gasteiger partial charge is 0.263 e. The van der Waals surface area contributed by atoms with Crippen molar-refractivity contribution in [2.45, 2.75) is 26.2 Å². The number of amides is 1. The normalized spacial score (nSPS) is 26.3. The molecule has 0 aromatic carbocycles. The van der Waals surface area contributed by atoms with E-state index in [1.807, 2.05) is 12.1 Å². The number of nitrogens with one attached hydrogen (secondary N) is 1. The number of hydrogen-bond donors (Lipinski definition) is 1. The van der Waals surface area contributed by atoms with Gasteiger partial charge < -0.3 is 19.5 Å². The molecule has 158 valence electrons. The number of hydrogen-bond acceptors (Lipinski definition) is 7. The highest BCUT2D eigenvalue weighted by Gasteiger charge is 2.23. The van der Waals surface area contributed by atoms with E-state index in [9.17, 15) is 4.79 Å². The second-order valence-electron chi connectivity index (χ2n) is 7.79. The van der Waals surface area contributed by atoms with Crippen molar-refractivity contribution in [3.05, 3.63) is 52.1 Å². The molecule has 0 unspecified atom stereocenters. The first kappa shape index (κ1) is 21.1. The maximum Gasteiger partial charge on any atom is 0.263 e. The number of rotatable bonds is 3. The van der Waals surface area contributed by atoms with Gasteiger partial charge in [-0.25, -0.2) is 4.99 Å². The number of allylic oxidation sites excluding steroid dienone is 3. The average Bonchev–Trinajstić information content (AvgIpc) is 3.20. The minimum atomic E-state index is -0.182. The molecule has 0 bridgehead atoms. The van der Waals surface area contributed by atoms with E-state index < -0.39 is 0 Å². The number of carbonyl (C=O) groups is 1. The number of furan rings is 1. The first-order valence-electron chi connectivity index (χ1n) is 10.2. The highest BCUT2D eigenvalue weighted by atomic mass is 32.2. The van der Waals surface area contributed by atoms with Crippen LogP contribution in [-0.2, 0) is 4.79 Å². The first-order chi connectivity index (χ1) is 14.5. The van der Waals surface area contributed by atoms with Gasteiger partial charge in [0.1, 0.15) is 21.6 Å². The maximum absolute atomic E-state index is 11.9. The van der Waals surface area contributed by atoms with Gasteiger partial charge in [0.25, 0.3) is 5.91 Å². The van der Waals surface area contributed by atoms with Crippen LogP contribution in [0.3, 0.4) is 0 Å². The van der Waals surface area contributed by atoms with E-state index in [-0.39, 0.29) is 5.91 Å². The fourth-order valence-corrected chi connectivity index (χ4v) is 4.68. The molecule has 1 amide bonds. The third-order valence-corrected chi connectivity index (χ3v) is 6.48. The van der Waals surface area contributed by atoms with Crippen LogP contribution in [0.15, 0.2) is 50.0 Å². The summed E-state index contributed by atoms with van der Waals surface area (Å²) in [7, 11) is 2.17. The average molecular weight is 443 g/mol. The lowest BCUT2D eigenvalue weighted by Crippen LogP contribution is -2.28. The van der Waals surface area contributed by atoms with Crippen LogP contribution in [0.2, 0.25) is 0 Å². The van der Waals surface area contributed by atoms with Gasteiger partial charge in [-0.2, -0.15) is 0 Å². The Morgan fingerprint density at radius 2 is 2.13 bits per heavy atom. The van der Waals surface area contributed by atoms with Crippen molar-refractivity contribution >= 4 is 46.0 Å². The standard InChI is InChI=1S/C22H26N4O2S2/c1-15-5-3-6-20(26-10-4-9-25(2)11-12-26)23-17(13-15)18-8-7-16(28-18)14-19-21(27)24-22(29)30-19/h6-8,13-14H,3-5,9-12H2,1-2H3,(H,24,27,29)/b15-13?,19-14-,20-6+,23-17+. The van der Waals surface area contributed by atoms with Crippen LogP contribution in [0.1, 0.15) is 37.7 Å². The first-order valence-corrected chi connectivity index (χ1v) is 11.4. The quantitative estimate of drug-likeness (QED) is 0.568. The van der Waals surface area contributed by atoms with Gasteiger partial charge in [-0.05, 0) is 64.1 Å². The molecule has 1 N–H and O–H groups in total. The zero-order valence-corrected chi connectivity index (χ0v) is 18.9. The summed E-state index contributed by atoms with van der Waals surface area (Å²) in [5.74, 6) is 2.16. The van der Waals surface area contributed by atoms with Crippen LogP contribution in [-0.4, -0.2) is 59.0 Å². The Balaban J connectivity index is 1.61. The molecule has 3 aliphatic heterocycles. The van der Waals surface area contributed by atoms with Crippen molar-refractivity contribution < 1.29 is 9.21 Å². The second-order valence-corrected chi connectivity index (χ2v) is 9.51. The van der Waals surface area contributed by atoms with Crippen molar-refractivity contribution in [1.29, 1.82) is 0 Å². The molecule has 3 aliphatic rings. The van der Waals surface area contributed by atoms with Gasteiger partial charge in [-0.1, -0.05) is 29.6 Å². The van der Waals surface area contributed by atoms with Gasteiger partial charge in [0.05, 0.1) is 4.91 Å². The highest BCUT2D eigenvalue weighted by molar-refractivity contribution is 8.26. The third-order valence-electron chi connectivity index (χ3n) is 5.32. The summed E-state index contributed by atoms with van der Waals surface area (Å²) >= 11 is 6.30. The number of thioether (sulfide) groups is 1. The fourth-order valence-electron chi connectivity index (χ4n) is 3.66. The van der Waals surface area contributed by atoms with Crippen LogP contribution in [0.25, 0.3) is 6.08 Å². The number of aliphatic imine (C=N–C) groups is 1. The van der Waals surface area contributed by atoms with Crippen molar-refractivity contribution in [2.24, 2.45) is 4.99 Å². The minimum Gasteiger partial charge on any atom is -0.455 e. The molecule has 30 heavy (non-hydrogen) atoms. The van der Waals surface area contributed by atoms with E-state index in [0.29, 0.717) is 20.7 Å². The van der Waals surface area contributed by atoms with Crippen LogP contribution < -0.4 is 5.32 Å². The molecule has 2 fully saturated rings. The van der Waals surface area contributed by atoms with Crippen molar-refractivity contribution in [3.63, 3.8) is 0 Å². The summed E-state index contributed by atoms with van der Waals surface area (Å²) in [6.45, 7) is 6.27. The van der Waals surface area contributed by atoms with Crippen LogP contribution in [0.4, 0.5) is 0 Å². The zero-order chi connectivity index (χ0) is 21.1. The molecule has 2 saturated heterocycles. The molecule has 0 atom stereocenters. The number of thiocarbonyl (C=S) groups is 1. The zero-order valence-electron chi connectivity index (χ0n) is 17.3. The molecular formula is C22H26N4O2S2. The van der Waals surface area contributed by atoms with E-state index in [2.05, 4.69) is 41.2 Å². The van der Waals surface area contributed by atoms with Gasteiger partial charge in [0.15, 0.2) is 5.76 Å². The lowest BCUT2D eigenvalue weighted by atomic mass is 10.1. The Kier molecular flexibility index (Phi) is 6.55.